The zero-order chi connectivity index (χ0) is 28.1. The number of carbonyl (C=O) groups excluding carboxylic acids is 2. The molecule has 1 saturated heterocycles. The van der Waals surface area contributed by atoms with Crippen molar-refractivity contribution < 1.29 is 28.5 Å². The number of likely N-dealkylation sites (tertiary alicyclic amines) is 1. The Bertz CT molecular complexity index is 1270. The van der Waals surface area contributed by atoms with Crippen LogP contribution in [0.3, 0.4) is 0 Å². The Labute approximate surface area is 230 Å². The molecular formula is C30H39N3O6. The van der Waals surface area contributed by atoms with Gasteiger partial charge in [-0.05, 0) is 36.5 Å². The molecule has 0 saturated carbocycles. The Balaban J connectivity index is 1.68. The van der Waals surface area contributed by atoms with E-state index in [1.165, 1.54) is 0 Å². The van der Waals surface area contributed by atoms with E-state index >= 15 is 0 Å². The van der Waals surface area contributed by atoms with Gasteiger partial charge in [-0.1, -0.05) is 39.0 Å². The van der Waals surface area contributed by atoms with Crippen LogP contribution in [0.2, 0.25) is 0 Å². The average Bonchev–Trinajstić information content (AvgIpc) is 3.30. The Morgan fingerprint density at radius 1 is 1.15 bits per heavy atom. The summed E-state index contributed by atoms with van der Waals surface area (Å²) in [5, 5.41) is 0. The fourth-order valence-corrected chi connectivity index (χ4v) is 5.89. The number of methoxy groups -OCH3 is 2. The second kappa shape index (κ2) is 10.4. The molecule has 3 heterocycles. The highest BCUT2D eigenvalue weighted by Crippen LogP contribution is 2.51. The third-order valence-electron chi connectivity index (χ3n) is 7.95. The van der Waals surface area contributed by atoms with Crippen LogP contribution in [0.25, 0.3) is 0 Å². The monoisotopic (exact) mass is 537 g/mol. The molecule has 9 nitrogen and oxygen atoms in total. The third kappa shape index (κ3) is 4.94. The van der Waals surface area contributed by atoms with Gasteiger partial charge in [0.2, 0.25) is 5.91 Å². The minimum Gasteiger partial charge on any atom is -0.493 e. The summed E-state index contributed by atoms with van der Waals surface area (Å²) in [7, 11) is 3.16. The van der Waals surface area contributed by atoms with Crippen LogP contribution in [0, 0.1) is 12.3 Å². The van der Waals surface area contributed by atoms with E-state index < -0.39 is 12.2 Å². The van der Waals surface area contributed by atoms with Gasteiger partial charge in [0.1, 0.15) is 24.6 Å². The zero-order valence-corrected chi connectivity index (χ0v) is 23.7. The number of benzene rings is 2. The van der Waals surface area contributed by atoms with Gasteiger partial charge in [0.05, 0.1) is 32.4 Å². The molecule has 5 rings (SSSR count). The average molecular weight is 538 g/mol. The number of anilines is 1. The first kappa shape index (κ1) is 27.3. The van der Waals surface area contributed by atoms with E-state index in [1.54, 1.807) is 19.1 Å². The van der Waals surface area contributed by atoms with E-state index in [2.05, 4.69) is 20.8 Å². The highest BCUT2D eigenvalue weighted by atomic mass is 16.5. The van der Waals surface area contributed by atoms with Crippen molar-refractivity contribution in [2.24, 2.45) is 11.1 Å². The number of aryl methyl sites for hydroxylation is 1. The molecule has 3 aliphatic heterocycles. The Kier molecular flexibility index (Phi) is 7.24. The number of nitrogens with two attached hydrogens (primary N) is 1. The predicted octanol–water partition coefficient (Wildman–Crippen LogP) is 3.59. The van der Waals surface area contributed by atoms with Crippen molar-refractivity contribution in [2.75, 3.05) is 38.8 Å². The van der Waals surface area contributed by atoms with Gasteiger partial charge in [0.25, 0.3) is 5.91 Å². The number of para-hydroxylation sites is 1. The highest BCUT2D eigenvalue weighted by Gasteiger charge is 2.48. The topological polar surface area (TPSA) is 104 Å². The molecule has 9 heteroatoms. The van der Waals surface area contributed by atoms with Gasteiger partial charge < -0.3 is 29.6 Å². The first-order valence-electron chi connectivity index (χ1n) is 13.5. The van der Waals surface area contributed by atoms with Crippen LogP contribution < -0.4 is 24.8 Å². The summed E-state index contributed by atoms with van der Waals surface area (Å²) in [6.07, 6.45) is -1.05. The lowest BCUT2D eigenvalue weighted by Crippen LogP contribution is -2.56. The number of amides is 2. The van der Waals surface area contributed by atoms with Crippen LogP contribution in [0.15, 0.2) is 30.3 Å². The lowest BCUT2D eigenvalue weighted by Gasteiger charge is -2.44. The van der Waals surface area contributed by atoms with E-state index in [-0.39, 0.29) is 35.7 Å². The predicted molar refractivity (Wildman–Crippen MR) is 147 cm³/mol. The number of hydrogen-bond donors (Lipinski definition) is 1. The molecule has 0 radical (unpaired) electrons. The van der Waals surface area contributed by atoms with Gasteiger partial charge in [0, 0.05) is 30.3 Å². The largest absolute Gasteiger partial charge is 0.493 e. The number of ether oxygens (including phenoxy) is 4. The van der Waals surface area contributed by atoms with Crippen LogP contribution in [0.5, 0.6) is 17.2 Å². The van der Waals surface area contributed by atoms with Crippen LogP contribution in [-0.4, -0.2) is 68.8 Å². The number of carbonyl (C=O) groups is 2. The highest BCUT2D eigenvalue weighted by molar-refractivity contribution is 6.02. The molecule has 2 N–H and O–H groups in total. The summed E-state index contributed by atoms with van der Waals surface area (Å²) >= 11 is 0. The summed E-state index contributed by atoms with van der Waals surface area (Å²) in [5.74, 6) is 1.31. The number of rotatable bonds is 5. The van der Waals surface area contributed by atoms with Gasteiger partial charge >= 0.3 is 0 Å². The SMILES string of the molecule is COc1cccc([C@H]2O[C@H](CC(=O)N3CCC(N)C3)C(=O)N3c4c(cc(C)cc42)OC[C@H]3C(C)(C)C)c1OC. The van der Waals surface area contributed by atoms with E-state index in [9.17, 15) is 9.59 Å². The summed E-state index contributed by atoms with van der Waals surface area (Å²) in [4.78, 5) is 31.4. The summed E-state index contributed by atoms with van der Waals surface area (Å²) in [6, 6.07) is 9.27. The van der Waals surface area contributed by atoms with Gasteiger partial charge in [-0.3, -0.25) is 14.5 Å². The van der Waals surface area contributed by atoms with Crippen molar-refractivity contribution in [3.63, 3.8) is 0 Å². The van der Waals surface area contributed by atoms with E-state index in [0.29, 0.717) is 48.2 Å². The lowest BCUT2D eigenvalue weighted by molar-refractivity contribution is -0.143. The van der Waals surface area contributed by atoms with Gasteiger partial charge in [-0.15, -0.1) is 0 Å². The first-order chi connectivity index (χ1) is 18.5. The van der Waals surface area contributed by atoms with Crippen LogP contribution in [0.4, 0.5) is 5.69 Å². The van der Waals surface area contributed by atoms with Gasteiger partial charge in [0.15, 0.2) is 11.5 Å². The molecule has 210 valence electrons. The van der Waals surface area contributed by atoms with Crippen molar-refractivity contribution >= 4 is 17.5 Å². The van der Waals surface area contributed by atoms with Crippen LogP contribution in [-0.2, 0) is 14.3 Å². The van der Waals surface area contributed by atoms with Gasteiger partial charge in [-0.2, -0.15) is 0 Å². The molecule has 2 amide bonds. The molecule has 2 aromatic carbocycles. The van der Waals surface area contributed by atoms with E-state index in [1.807, 2.05) is 42.2 Å². The quantitative estimate of drug-likeness (QED) is 0.622. The smallest absolute Gasteiger partial charge is 0.257 e. The van der Waals surface area contributed by atoms with Crippen molar-refractivity contribution in [3.05, 3.63) is 47.0 Å². The summed E-state index contributed by atoms with van der Waals surface area (Å²) < 4.78 is 24.4. The Hall–Kier alpha value is -3.30. The normalized spacial score (nSPS) is 24.6. The fraction of sp³-hybridized carbons (Fsp3) is 0.533. The lowest BCUT2D eigenvalue weighted by atomic mass is 9.84. The Morgan fingerprint density at radius 3 is 2.56 bits per heavy atom. The fourth-order valence-electron chi connectivity index (χ4n) is 5.89. The molecule has 0 aliphatic carbocycles. The molecule has 1 unspecified atom stereocenters. The minimum atomic E-state index is -1.02. The van der Waals surface area contributed by atoms with Crippen molar-refractivity contribution in [2.45, 2.75) is 64.8 Å². The maximum atomic E-state index is 14.4. The second-order valence-electron chi connectivity index (χ2n) is 11.8. The number of nitrogens with zero attached hydrogens (tertiary/aromatic N) is 2. The molecule has 0 bridgehead atoms. The molecule has 3 aliphatic rings. The molecule has 4 atom stereocenters. The third-order valence-corrected chi connectivity index (χ3v) is 7.95. The Morgan fingerprint density at radius 2 is 1.92 bits per heavy atom. The van der Waals surface area contributed by atoms with Crippen molar-refractivity contribution in [3.8, 4) is 17.2 Å². The first-order valence-corrected chi connectivity index (χ1v) is 13.5. The molecule has 1 fully saturated rings. The van der Waals surface area contributed by atoms with Crippen LogP contribution in [0.1, 0.15) is 56.4 Å². The number of hydrogen-bond acceptors (Lipinski definition) is 7. The second-order valence-corrected chi connectivity index (χ2v) is 11.8. The molecule has 39 heavy (non-hydrogen) atoms. The standard InChI is InChI=1S/C30H39N3O6/c1-17-12-20-26-22(13-17)38-16-24(30(2,3)4)33(26)29(35)23(14-25(34)32-11-10-18(31)15-32)39-27(20)19-8-7-9-21(36-5)28(19)37-6/h7-9,12-13,18,23-24,27H,10-11,14-16,31H2,1-6H3/t18?,23-,24+,27-/m1/s1. The minimum absolute atomic E-state index is 0.0483. The zero-order valence-electron chi connectivity index (χ0n) is 23.7. The molecule has 2 aromatic rings. The molecule has 0 aromatic heterocycles. The summed E-state index contributed by atoms with van der Waals surface area (Å²) in [5.41, 5.74) is 8.93. The van der Waals surface area contributed by atoms with Gasteiger partial charge in [-0.25, -0.2) is 0 Å². The van der Waals surface area contributed by atoms with E-state index in [0.717, 1.165) is 17.5 Å². The molecule has 0 spiro atoms. The van der Waals surface area contributed by atoms with Crippen LogP contribution >= 0.6 is 0 Å². The van der Waals surface area contributed by atoms with Crippen molar-refractivity contribution in [1.29, 1.82) is 0 Å². The maximum Gasteiger partial charge on any atom is 0.257 e. The van der Waals surface area contributed by atoms with Crippen molar-refractivity contribution in [1.82, 2.24) is 4.90 Å². The molecular weight excluding hydrogens is 498 g/mol. The summed E-state index contributed by atoms with van der Waals surface area (Å²) in [6.45, 7) is 9.68. The maximum absolute atomic E-state index is 14.4. The van der Waals surface area contributed by atoms with E-state index in [4.69, 9.17) is 24.7 Å².